The van der Waals surface area contributed by atoms with Gasteiger partial charge in [-0.25, -0.2) is 0 Å². The van der Waals surface area contributed by atoms with Gasteiger partial charge in [-0.2, -0.15) is 0 Å². The van der Waals surface area contributed by atoms with Crippen LogP contribution >= 0.6 is 0 Å². The molecule has 0 aliphatic heterocycles. The molecule has 3 nitrogen and oxygen atoms in total. The van der Waals surface area contributed by atoms with Gasteiger partial charge in [-0.05, 0) is 19.1 Å². The van der Waals surface area contributed by atoms with Gasteiger partial charge in [0.15, 0.2) is 0 Å². The maximum Gasteiger partial charge on any atom is 0.106 e. The lowest BCUT2D eigenvalue weighted by Gasteiger charge is -2.10. The molecule has 0 fully saturated rings. The summed E-state index contributed by atoms with van der Waals surface area (Å²) < 4.78 is 1.98. The van der Waals surface area contributed by atoms with Crippen LogP contribution in [0.4, 0.5) is 0 Å². The molecule has 0 aliphatic rings. The van der Waals surface area contributed by atoms with Gasteiger partial charge >= 0.3 is 0 Å². The number of aliphatic hydroxyl groups is 1. The lowest BCUT2D eigenvalue weighted by atomic mass is 10.2. The second kappa shape index (κ2) is 3.55. The fourth-order valence-electron chi connectivity index (χ4n) is 1.14. The molecule has 1 rings (SSSR count). The molecule has 0 saturated heterocycles. The molecular weight excluding hydrogens is 140 g/mol. The van der Waals surface area contributed by atoms with E-state index in [1.807, 2.05) is 29.8 Å². The number of aliphatic hydroxyl groups excluding tert-OH is 1. The first kappa shape index (κ1) is 8.30. The zero-order valence-electron chi connectivity index (χ0n) is 6.70. The average molecular weight is 154 g/mol. The average Bonchev–Trinajstić information content (AvgIpc) is 2.50. The minimum atomic E-state index is -0.523. The number of aromatic nitrogens is 1. The normalized spacial score (nSPS) is 13.4. The molecule has 3 N–H and O–H groups in total. The molecule has 11 heavy (non-hydrogen) atoms. The molecule has 1 aromatic rings. The van der Waals surface area contributed by atoms with E-state index < -0.39 is 6.10 Å². The summed E-state index contributed by atoms with van der Waals surface area (Å²) in [6.07, 6.45) is 1.42. The molecule has 1 heterocycles. The maximum absolute atomic E-state index is 9.38. The highest BCUT2D eigenvalue weighted by atomic mass is 16.3. The van der Waals surface area contributed by atoms with Gasteiger partial charge in [-0.3, -0.25) is 0 Å². The van der Waals surface area contributed by atoms with Gasteiger partial charge in [0.05, 0.1) is 0 Å². The highest BCUT2D eigenvalue weighted by molar-refractivity contribution is 5.10. The highest BCUT2D eigenvalue weighted by Gasteiger charge is 2.07. The molecule has 3 heteroatoms. The fourth-order valence-corrected chi connectivity index (χ4v) is 1.14. The Kier molecular flexibility index (Phi) is 2.68. The predicted octanol–water partition coefficient (Wildman–Crippen LogP) is 0.500. The number of aryl methyl sites for hydroxylation is 1. The summed E-state index contributed by atoms with van der Waals surface area (Å²) in [5, 5.41) is 9.38. The van der Waals surface area contributed by atoms with Crippen LogP contribution in [0.5, 0.6) is 0 Å². The second-order valence-electron chi connectivity index (χ2n) is 2.47. The predicted molar refractivity (Wildman–Crippen MR) is 44.1 cm³/mol. The standard InChI is InChI=1S/C8H14N2O/c1-2-10-5-3-4-7(10)8(11)6-9/h3-5,8,11H,2,6,9H2,1H3. The van der Waals surface area contributed by atoms with Crippen LogP contribution in [0.1, 0.15) is 18.7 Å². The minimum absolute atomic E-state index is 0.282. The Morgan fingerprint density at radius 1 is 1.73 bits per heavy atom. The first-order chi connectivity index (χ1) is 5.29. The van der Waals surface area contributed by atoms with Crippen LogP contribution in [-0.4, -0.2) is 16.2 Å². The van der Waals surface area contributed by atoms with Crippen molar-refractivity contribution in [3.8, 4) is 0 Å². The van der Waals surface area contributed by atoms with Crippen molar-refractivity contribution in [3.63, 3.8) is 0 Å². The van der Waals surface area contributed by atoms with Crippen molar-refractivity contribution in [1.29, 1.82) is 0 Å². The molecule has 0 radical (unpaired) electrons. The Morgan fingerprint density at radius 2 is 2.45 bits per heavy atom. The molecule has 1 aromatic heterocycles. The lowest BCUT2D eigenvalue weighted by Crippen LogP contribution is -2.15. The van der Waals surface area contributed by atoms with Crippen LogP contribution in [0.25, 0.3) is 0 Å². The molecule has 1 unspecified atom stereocenters. The maximum atomic E-state index is 9.38. The van der Waals surface area contributed by atoms with Gasteiger partial charge in [0.1, 0.15) is 6.10 Å². The van der Waals surface area contributed by atoms with Crippen LogP contribution in [0, 0.1) is 0 Å². The Bertz CT molecular complexity index is 220. The number of nitrogens with zero attached hydrogens (tertiary/aromatic N) is 1. The summed E-state index contributed by atoms with van der Waals surface area (Å²) >= 11 is 0. The van der Waals surface area contributed by atoms with Crippen LogP contribution < -0.4 is 5.73 Å². The third-order valence-corrected chi connectivity index (χ3v) is 1.77. The number of hydrogen-bond acceptors (Lipinski definition) is 2. The van der Waals surface area contributed by atoms with Gasteiger partial charge in [-0.1, -0.05) is 0 Å². The first-order valence-corrected chi connectivity index (χ1v) is 3.82. The van der Waals surface area contributed by atoms with Gasteiger partial charge in [0.2, 0.25) is 0 Å². The molecular formula is C8H14N2O. The zero-order valence-corrected chi connectivity index (χ0v) is 6.70. The quantitative estimate of drug-likeness (QED) is 0.666. The van der Waals surface area contributed by atoms with E-state index in [4.69, 9.17) is 5.73 Å². The van der Waals surface area contributed by atoms with E-state index in [2.05, 4.69) is 0 Å². The van der Waals surface area contributed by atoms with Crippen molar-refractivity contribution in [1.82, 2.24) is 4.57 Å². The van der Waals surface area contributed by atoms with E-state index in [1.165, 1.54) is 0 Å². The second-order valence-corrected chi connectivity index (χ2v) is 2.47. The van der Waals surface area contributed by atoms with E-state index in [1.54, 1.807) is 0 Å². The summed E-state index contributed by atoms with van der Waals surface area (Å²) in [5.41, 5.74) is 6.22. The molecule has 0 aliphatic carbocycles. The summed E-state index contributed by atoms with van der Waals surface area (Å²) in [5.74, 6) is 0. The Labute approximate surface area is 66.4 Å². The van der Waals surface area contributed by atoms with Crippen LogP contribution in [0.2, 0.25) is 0 Å². The summed E-state index contributed by atoms with van der Waals surface area (Å²) in [7, 11) is 0. The van der Waals surface area contributed by atoms with Crippen LogP contribution in [-0.2, 0) is 6.54 Å². The first-order valence-electron chi connectivity index (χ1n) is 3.82. The van der Waals surface area contributed by atoms with Crippen LogP contribution in [0.3, 0.4) is 0 Å². The Morgan fingerprint density at radius 3 is 3.00 bits per heavy atom. The van der Waals surface area contributed by atoms with Crippen molar-refractivity contribution in [3.05, 3.63) is 24.0 Å². The molecule has 0 saturated carbocycles. The van der Waals surface area contributed by atoms with E-state index in [0.29, 0.717) is 0 Å². The number of rotatable bonds is 3. The fraction of sp³-hybridized carbons (Fsp3) is 0.500. The zero-order chi connectivity index (χ0) is 8.27. The summed E-state index contributed by atoms with van der Waals surface area (Å²) in [6, 6.07) is 3.80. The minimum Gasteiger partial charge on any atom is -0.386 e. The molecule has 0 aromatic carbocycles. The highest BCUT2D eigenvalue weighted by Crippen LogP contribution is 2.11. The SMILES string of the molecule is CCn1cccc1C(O)CN. The molecule has 0 bridgehead atoms. The monoisotopic (exact) mass is 154 g/mol. The van der Waals surface area contributed by atoms with Crippen molar-refractivity contribution in [2.24, 2.45) is 5.73 Å². The molecule has 62 valence electrons. The van der Waals surface area contributed by atoms with E-state index in [0.717, 1.165) is 12.2 Å². The van der Waals surface area contributed by atoms with Gasteiger partial charge in [-0.15, -0.1) is 0 Å². The van der Waals surface area contributed by atoms with Crippen molar-refractivity contribution in [2.45, 2.75) is 19.6 Å². The summed E-state index contributed by atoms with van der Waals surface area (Å²) in [6.45, 7) is 3.19. The van der Waals surface area contributed by atoms with Gasteiger partial charge < -0.3 is 15.4 Å². The Hall–Kier alpha value is -0.800. The molecule has 0 amide bonds. The van der Waals surface area contributed by atoms with E-state index in [9.17, 15) is 5.11 Å². The van der Waals surface area contributed by atoms with Gasteiger partial charge in [0, 0.05) is 25.0 Å². The topological polar surface area (TPSA) is 51.2 Å². The van der Waals surface area contributed by atoms with E-state index in [-0.39, 0.29) is 6.54 Å². The van der Waals surface area contributed by atoms with Crippen molar-refractivity contribution >= 4 is 0 Å². The molecule has 1 atom stereocenters. The Balaban J connectivity index is 2.83. The number of nitrogens with two attached hydrogens (primary N) is 1. The summed E-state index contributed by atoms with van der Waals surface area (Å²) in [4.78, 5) is 0. The van der Waals surface area contributed by atoms with Crippen molar-refractivity contribution < 1.29 is 5.11 Å². The van der Waals surface area contributed by atoms with Gasteiger partial charge in [0.25, 0.3) is 0 Å². The lowest BCUT2D eigenvalue weighted by molar-refractivity contribution is 0.177. The smallest absolute Gasteiger partial charge is 0.106 e. The number of hydrogen-bond donors (Lipinski definition) is 2. The van der Waals surface area contributed by atoms with Crippen molar-refractivity contribution in [2.75, 3.05) is 6.54 Å². The third-order valence-electron chi connectivity index (χ3n) is 1.77. The molecule has 0 spiro atoms. The largest absolute Gasteiger partial charge is 0.386 e. The van der Waals surface area contributed by atoms with E-state index >= 15 is 0 Å². The van der Waals surface area contributed by atoms with Crippen LogP contribution in [0.15, 0.2) is 18.3 Å². The third kappa shape index (κ3) is 1.61.